The maximum Gasteiger partial charge on any atom is 0.335 e. The Hall–Kier alpha value is -2.33. The summed E-state index contributed by atoms with van der Waals surface area (Å²) in [5.74, 6) is -0.514. The predicted octanol–water partition coefficient (Wildman–Crippen LogP) is 3.76. The van der Waals surface area contributed by atoms with Crippen LogP contribution >= 0.6 is 11.6 Å². The van der Waals surface area contributed by atoms with Crippen molar-refractivity contribution in [1.29, 1.82) is 0 Å². The van der Waals surface area contributed by atoms with E-state index in [2.05, 4.69) is 5.16 Å². The van der Waals surface area contributed by atoms with Gasteiger partial charge in [-0.15, -0.1) is 0 Å². The molecule has 0 aromatic heterocycles. The van der Waals surface area contributed by atoms with E-state index >= 15 is 0 Å². The van der Waals surface area contributed by atoms with Crippen molar-refractivity contribution in [3.8, 4) is 5.75 Å². The van der Waals surface area contributed by atoms with Gasteiger partial charge in [-0.2, -0.15) is 0 Å². The van der Waals surface area contributed by atoms with Gasteiger partial charge in [0.05, 0.1) is 11.8 Å². The van der Waals surface area contributed by atoms with Crippen LogP contribution in [0.2, 0.25) is 5.02 Å². The molecule has 0 aliphatic rings. The van der Waals surface area contributed by atoms with E-state index in [4.69, 9.17) is 21.5 Å². The van der Waals surface area contributed by atoms with Gasteiger partial charge >= 0.3 is 5.97 Å². The number of halogens is 1. The number of oxime groups is 1. The summed E-state index contributed by atoms with van der Waals surface area (Å²) in [5, 5.41) is 13.2. The Balaban J connectivity index is 2.04. The molecule has 0 saturated heterocycles. The summed E-state index contributed by atoms with van der Waals surface area (Å²) in [4.78, 5) is 15.8. The smallest absolute Gasteiger partial charge is 0.335 e. The van der Waals surface area contributed by atoms with Crippen molar-refractivity contribution in [3.63, 3.8) is 0 Å². The maximum absolute atomic E-state index is 10.7. The fourth-order valence-corrected chi connectivity index (χ4v) is 1.94. The number of carboxylic acid groups (broad SMARTS) is 1. The average molecular weight is 290 g/mol. The van der Waals surface area contributed by atoms with E-state index < -0.39 is 5.97 Å². The van der Waals surface area contributed by atoms with Gasteiger partial charge in [0.2, 0.25) is 0 Å². The summed E-state index contributed by atoms with van der Waals surface area (Å²) in [5.41, 5.74) is 2.06. The Morgan fingerprint density at radius 1 is 1.25 bits per heavy atom. The van der Waals surface area contributed by atoms with Crippen molar-refractivity contribution in [3.05, 3.63) is 64.2 Å². The predicted molar refractivity (Wildman–Crippen MR) is 77.8 cm³/mol. The molecule has 0 spiro atoms. The van der Waals surface area contributed by atoms with E-state index in [0.29, 0.717) is 10.8 Å². The summed E-state index contributed by atoms with van der Waals surface area (Å²) in [6.45, 7) is 1.94. The zero-order valence-corrected chi connectivity index (χ0v) is 11.5. The Bertz CT molecular complexity index is 630. The fraction of sp³-hybridized carbons (Fsp3) is 0.0667. The van der Waals surface area contributed by atoms with Crippen LogP contribution in [-0.4, -0.2) is 17.3 Å². The van der Waals surface area contributed by atoms with Crippen LogP contribution in [0.25, 0.3) is 0 Å². The molecule has 0 unspecified atom stereocenters. The second-order valence-corrected chi connectivity index (χ2v) is 4.65. The number of carbonyl (C=O) groups is 1. The van der Waals surface area contributed by atoms with Gasteiger partial charge in [-0.05, 0) is 54.4 Å². The summed E-state index contributed by atoms with van der Waals surface area (Å²) in [6, 6.07) is 11.5. The van der Waals surface area contributed by atoms with Crippen molar-refractivity contribution < 1.29 is 14.7 Å². The molecular formula is C15H12ClNO3. The number of carboxylic acids is 1. The fourth-order valence-electron chi connectivity index (χ4n) is 1.65. The first-order chi connectivity index (χ1) is 9.54. The Kier molecular flexibility index (Phi) is 4.38. The van der Waals surface area contributed by atoms with Crippen molar-refractivity contribution in [2.45, 2.75) is 6.92 Å². The quantitative estimate of drug-likeness (QED) is 0.688. The summed E-state index contributed by atoms with van der Waals surface area (Å²) < 4.78 is 0. The lowest BCUT2D eigenvalue weighted by molar-refractivity contribution is 0.0697. The molecule has 20 heavy (non-hydrogen) atoms. The normalized spacial score (nSPS) is 10.7. The summed E-state index contributed by atoms with van der Waals surface area (Å²) >= 11 is 5.94. The van der Waals surface area contributed by atoms with Crippen LogP contribution in [0.1, 0.15) is 21.5 Å². The number of benzene rings is 2. The maximum atomic E-state index is 10.7. The highest BCUT2D eigenvalue weighted by Crippen LogP contribution is 2.14. The standard InChI is InChI=1S/C15H12ClNO3/c1-10-6-11(8-13(16)7-10)9-17-20-14-4-2-12(3-5-14)15(18)19/h2-9H,1H3,(H,18,19)/b17-9+. The first-order valence-electron chi connectivity index (χ1n) is 5.85. The Morgan fingerprint density at radius 3 is 2.55 bits per heavy atom. The molecule has 0 aliphatic heterocycles. The van der Waals surface area contributed by atoms with Crippen LogP contribution in [0.15, 0.2) is 47.6 Å². The van der Waals surface area contributed by atoms with Gasteiger partial charge in [0.15, 0.2) is 5.75 Å². The van der Waals surface area contributed by atoms with Gasteiger partial charge in [0.1, 0.15) is 0 Å². The molecule has 2 aromatic rings. The minimum atomic E-state index is -0.977. The van der Waals surface area contributed by atoms with Crippen LogP contribution in [-0.2, 0) is 0 Å². The third kappa shape index (κ3) is 3.83. The van der Waals surface area contributed by atoms with Crippen molar-refractivity contribution in [1.82, 2.24) is 0 Å². The number of aryl methyl sites for hydroxylation is 1. The minimum absolute atomic E-state index is 0.201. The van der Waals surface area contributed by atoms with Gasteiger partial charge in [0, 0.05) is 5.02 Å². The molecule has 2 aromatic carbocycles. The van der Waals surface area contributed by atoms with Crippen molar-refractivity contribution in [2.75, 3.05) is 0 Å². The molecule has 5 heteroatoms. The van der Waals surface area contributed by atoms with E-state index in [1.54, 1.807) is 24.4 Å². The molecule has 102 valence electrons. The molecule has 0 atom stereocenters. The minimum Gasteiger partial charge on any atom is -0.478 e. The Morgan fingerprint density at radius 2 is 1.95 bits per heavy atom. The number of aromatic carboxylic acids is 1. The average Bonchev–Trinajstić information content (AvgIpc) is 2.38. The molecule has 4 nitrogen and oxygen atoms in total. The molecule has 0 fully saturated rings. The molecule has 1 N–H and O–H groups in total. The van der Waals surface area contributed by atoms with Gasteiger partial charge in [0.25, 0.3) is 0 Å². The number of hydrogen-bond donors (Lipinski definition) is 1. The van der Waals surface area contributed by atoms with Crippen molar-refractivity contribution in [2.24, 2.45) is 5.16 Å². The molecule has 0 saturated carbocycles. The molecular weight excluding hydrogens is 278 g/mol. The van der Waals surface area contributed by atoms with E-state index in [1.807, 2.05) is 19.1 Å². The summed E-state index contributed by atoms with van der Waals surface area (Å²) in [7, 11) is 0. The molecule has 0 bridgehead atoms. The SMILES string of the molecule is Cc1cc(Cl)cc(/C=N/Oc2ccc(C(=O)O)cc2)c1. The summed E-state index contributed by atoms with van der Waals surface area (Å²) in [6.07, 6.45) is 1.55. The zero-order valence-electron chi connectivity index (χ0n) is 10.7. The number of nitrogens with zero attached hydrogens (tertiary/aromatic N) is 1. The van der Waals surface area contributed by atoms with Gasteiger partial charge in [-0.1, -0.05) is 22.8 Å². The third-order valence-corrected chi connectivity index (χ3v) is 2.74. The second-order valence-electron chi connectivity index (χ2n) is 4.22. The first kappa shape index (κ1) is 14.1. The highest BCUT2D eigenvalue weighted by Gasteiger charge is 2.01. The van der Waals surface area contributed by atoms with Crippen LogP contribution in [0, 0.1) is 6.92 Å². The molecule has 0 heterocycles. The molecule has 2 rings (SSSR count). The molecule has 0 aliphatic carbocycles. The lowest BCUT2D eigenvalue weighted by atomic mass is 10.1. The number of rotatable bonds is 4. The van der Waals surface area contributed by atoms with E-state index in [1.165, 1.54) is 12.1 Å². The van der Waals surface area contributed by atoms with Crippen molar-refractivity contribution >= 4 is 23.8 Å². The lowest BCUT2D eigenvalue weighted by Crippen LogP contribution is -1.95. The van der Waals surface area contributed by atoms with E-state index in [-0.39, 0.29) is 5.56 Å². The van der Waals surface area contributed by atoms with Gasteiger partial charge in [-0.25, -0.2) is 4.79 Å². The number of hydrogen-bond acceptors (Lipinski definition) is 3. The first-order valence-corrected chi connectivity index (χ1v) is 6.23. The molecule has 0 radical (unpaired) electrons. The third-order valence-electron chi connectivity index (χ3n) is 2.53. The Labute approximate surface area is 121 Å². The van der Waals surface area contributed by atoms with E-state index in [0.717, 1.165) is 11.1 Å². The zero-order chi connectivity index (χ0) is 14.5. The van der Waals surface area contributed by atoms with E-state index in [9.17, 15) is 4.79 Å². The largest absolute Gasteiger partial charge is 0.478 e. The van der Waals surface area contributed by atoms with Gasteiger partial charge in [-0.3, -0.25) is 0 Å². The van der Waals surface area contributed by atoms with Crippen LogP contribution in [0.3, 0.4) is 0 Å². The van der Waals surface area contributed by atoms with Crippen LogP contribution in [0.4, 0.5) is 0 Å². The lowest BCUT2D eigenvalue weighted by Gasteiger charge is -2.00. The van der Waals surface area contributed by atoms with Gasteiger partial charge < -0.3 is 9.94 Å². The second kappa shape index (κ2) is 6.21. The van der Waals surface area contributed by atoms with Crippen LogP contribution in [0.5, 0.6) is 5.75 Å². The monoisotopic (exact) mass is 289 g/mol. The topological polar surface area (TPSA) is 58.9 Å². The highest BCUT2D eigenvalue weighted by atomic mass is 35.5. The van der Waals surface area contributed by atoms with Crippen LogP contribution < -0.4 is 4.84 Å². The highest BCUT2D eigenvalue weighted by molar-refractivity contribution is 6.30. The molecule has 0 amide bonds.